The van der Waals surface area contributed by atoms with Gasteiger partial charge in [-0.25, -0.2) is 9.97 Å². The average Bonchev–Trinajstić information content (AvgIpc) is 3.40. The van der Waals surface area contributed by atoms with Crippen LogP contribution in [-0.2, 0) is 29.0 Å². The molecule has 1 N–H and O–H groups in total. The van der Waals surface area contributed by atoms with Crippen LogP contribution in [0, 0.1) is 0 Å². The number of benzene rings is 1. The molecular formula is C24H30N6O2S. The predicted molar refractivity (Wildman–Crippen MR) is 129 cm³/mol. The van der Waals surface area contributed by atoms with Crippen molar-refractivity contribution in [3.8, 4) is 0 Å². The van der Waals surface area contributed by atoms with Crippen molar-refractivity contribution in [3.05, 3.63) is 35.8 Å². The van der Waals surface area contributed by atoms with E-state index in [-0.39, 0.29) is 0 Å². The quantitative estimate of drug-likeness (QED) is 0.633. The second-order valence-corrected chi connectivity index (χ2v) is 10.8. The summed E-state index contributed by atoms with van der Waals surface area (Å²) >= 11 is 0. The Labute approximate surface area is 196 Å². The highest BCUT2D eigenvalue weighted by atomic mass is 32.2. The summed E-state index contributed by atoms with van der Waals surface area (Å²) < 4.78 is 20.4. The monoisotopic (exact) mass is 466 g/mol. The number of imidazole rings is 1. The maximum absolute atomic E-state index is 12.7. The highest BCUT2D eigenvalue weighted by Gasteiger charge is 2.31. The van der Waals surface area contributed by atoms with E-state index in [1.165, 1.54) is 11.3 Å². The van der Waals surface area contributed by atoms with Crippen LogP contribution in [0.2, 0.25) is 0 Å². The number of rotatable bonds is 4. The molecule has 2 saturated heterocycles. The standard InChI is InChI=1S/C24H30N6O2S/c1-29-20-5-3-2-4-18(20)26-23(29)16-6-11-30(12-7-16)24-27-19-10-15-33(31)21(19)22(28-24)25-17-8-13-32-14-9-17/h2-5,16-17H,6-15H2,1H3,(H,25,27,28). The summed E-state index contributed by atoms with van der Waals surface area (Å²) in [7, 11) is 1.10. The number of fused-ring (bicyclic) bond motifs is 2. The van der Waals surface area contributed by atoms with Gasteiger partial charge in [0.15, 0.2) is 0 Å². The van der Waals surface area contributed by atoms with Gasteiger partial charge in [-0.3, -0.25) is 4.21 Å². The molecule has 0 aliphatic carbocycles. The van der Waals surface area contributed by atoms with Gasteiger partial charge in [-0.2, -0.15) is 4.98 Å². The molecule has 33 heavy (non-hydrogen) atoms. The summed E-state index contributed by atoms with van der Waals surface area (Å²) in [5.41, 5.74) is 3.20. The van der Waals surface area contributed by atoms with Crippen molar-refractivity contribution in [2.75, 3.05) is 42.3 Å². The summed E-state index contributed by atoms with van der Waals surface area (Å²) in [4.78, 5) is 17.8. The first-order valence-electron chi connectivity index (χ1n) is 12.0. The molecule has 8 nitrogen and oxygen atoms in total. The van der Waals surface area contributed by atoms with Gasteiger partial charge >= 0.3 is 0 Å². The van der Waals surface area contributed by atoms with E-state index >= 15 is 0 Å². The second kappa shape index (κ2) is 8.68. The summed E-state index contributed by atoms with van der Waals surface area (Å²) in [6, 6.07) is 8.65. The van der Waals surface area contributed by atoms with Crippen molar-refractivity contribution in [1.29, 1.82) is 0 Å². The molecule has 3 aromatic rings. The number of piperidine rings is 1. The third-order valence-corrected chi connectivity index (χ3v) is 8.66. The fraction of sp³-hybridized carbons (Fsp3) is 0.542. The number of hydrogen-bond donors (Lipinski definition) is 1. The Hall–Kier alpha value is -2.52. The van der Waals surface area contributed by atoms with E-state index in [1.807, 2.05) is 6.07 Å². The largest absolute Gasteiger partial charge is 0.381 e. The minimum atomic E-state index is -1.02. The summed E-state index contributed by atoms with van der Waals surface area (Å²) in [6.45, 7) is 3.31. The van der Waals surface area contributed by atoms with Gasteiger partial charge in [-0.05, 0) is 37.8 Å². The Balaban J connectivity index is 1.22. The van der Waals surface area contributed by atoms with Gasteiger partial charge in [-0.1, -0.05) is 12.1 Å². The maximum atomic E-state index is 12.7. The van der Waals surface area contributed by atoms with Gasteiger partial charge in [-0.15, -0.1) is 0 Å². The van der Waals surface area contributed by atoms with Crippen LogP contribution in [0.4, 0.5) is 11.8 Å². The third-order valence-electron chi connectivity index (χ3n) is 7.20. The number of nitrogens with zero attached hydrogens (tertiary/aromatic N) is 5. The number of hydrogen-bond acceptors (Lipinski definition) is 7. The van der Waals surface area contributed by atoms with Gasteiger partial charge in [0.25, 0.3) is 0 Å². The van der Waals surface area contributed by atoms with Crippen molar-refractivity contribution < 1.29 is 8.95 Å². The number of nitrogens with one attached hydrogen (secondary N) is 1. The Morgan fingerprint density at radius 1 is 1.06 bits per heavy atom. The first kappa shape index (κ1) is 21.0. The molecule has 2 aromatic heterocycles. The molecule has 5 heterocycles. The fourth-order valence-corrected chi connectivity index (χ4v) is 6.64. The number of aromatic nitrogens is 4. The van der Waals surface area contributed by atoms with E-state index in [9.17, 15) is 4.21 Å². The van der Waals surface area contributed by atoms with Crippen molar-refractivity contribution >= 4 is 33.6 Å². The number of para-hydroxylation sites is 2. The molecule has 0 radical (unpaired) electrons. The van der Waals surface area contributed by atoms with Gasteiger partial charge in [0.2, 0.25) is 5.95 Å². The Bertz CT molecular complexity index is 1200. The maximum Gasteiger partial charge on any atom is 0.227 e. The lowest BCUT2D eigenvalue weighted by Gasteiger charge is -2.32. The zero-order chi connectivity index (χ0) is 22.4. The first-order valence-corrected chi connectivity index (χ1v) is 13.3. The normalized spacial score (nSPS) is 22.1. The lowest BCUT2D eigenvalue weighted by atomic mass is 9.96. The zero-order valence-corrected chi connectivity index (χ0v) is 19.8. The van der Waals surface area contributed by atoms with Crippen LogP contribution >= 0.6 is 0 Å². The van der Waals surface area contributed by atoms with Gasteiger partial charge in [0.05, 0.1) is 27.5 Å². The molecule has 0 saturated carbocycles. The van der Waals surface area contributed by atoms with E-state index in [2.05, 4.69) is 40.0 Å². The van der Waals surface area contributed by atoms with E-state index in [0.29, 0.717) is 17.7 Å². The molecule has 0 spiro atoms. The highest BCUT2D eigenvalue weighted by molar-refractivity contribution is 7.85. The third kappa shape index (κ3) is 3.91. The molecule has 1 aromatic carbocycles. The van der Waals surface area contributed by atoms with E-state index in [4.69, 9.17) is 19.7 Å². The number of ether oxygens (including phenoxy) is 1. The van der Waals surface area contributed by atoms with Crippen LogP contribution in [0.5, 0.6) is 0 Å². The Kier molecular flexibility index (Phi) is 5.54. The molecule has 1 unspecified atom stereocenters. The van der Waals surface area contributed by atoms with Crippen LogP contribution in [0.3, 0.4) is 0 Å². The Morgan fingerprint density at radius 3 is 2.64 bits per heavy atom. The van der Waals surface area contributed by atoms with E-state index in [0.717, 1.165) is 86.3 Å². The molecule has 6 rings (SSSR count). The van der Waals surface area contributed by atoms with Crippen molar-refractivity contribution in [3.63, 3.8) is 0 Å². The molecule has 9 heteroatoms. The molecule has 174 valence electrons. The molecule has 3 aliphatic rings. The topological polar surface area (TPSA) is 85.2 Å². The Morgan fingerprint density at radius 2 is 1.85 bits per heavy atom. The van der Waals surface area contributed by atoms with Crippen molar-refractivity contribution in [2.24, 2.45) is 7.05 Å². The van der Waals surface area contributed by atoms with E-state index < -0.39 is 10.8 Å². The van der Waals surface area contributed by atoms with Gasteiger partial charge < -0.3 is 19.5 Å². The van der Waals surface area contributed by atoms with E-state index in [1.54, 1.807) is 0 Å². The van der Waals surface area contributed by atoms with Crippen LogP contribution in [0.1, 0.15) is 43.1 Å². The van der Waals surface area contributed by atoms with Gasteiger partial charge in [0, 0.05) is 57.5 Å². The SMILES string of the molecule is Cn1c(C2CCN(c3nc4c(c(NC5CCOCC5)n3)S(=O)CC4)CC2)nc2ccccc21. The molecule has 1 atom stereocenters. The average molecular weight is 467 g/mol. The lowest BCUT2D eigenvalue weighted by Crippen LogP contribution is -2.35. The van der Waals surface area contributed by atoms with Crippen molar-refractivity contribution in [1.82, 2.24) is 19.5 Å². The highest BCUT2D eigenvalue weighted by Crippen LogP contribution is 2.34. The minimum Gasteiger partial charge on any atom is -0.381 e. The second-order valence-electron chi connectivity index (χ2n) is 9.26. The molecule has 0 bridgehead atoms. The van der Waals surface area contributed by atoms with Crippen LogP contribution in [0.15, 0.2) is 29.2 Å². The van der Waals surface area contributed by atoms with Crippen LogP contribution < -0.4 is 10.2 Å². The number of aryl methyl sites for hydroxylation is 2. The summed E-state index contributed by atoms with van der Waals surface area (Å²) in [5, 5.41) is 3.58. The smallest absolute Gasteiger partial charge is 0.227 e. The lowest BCUT2D eigenvalue weighted by molar-refractivity contribution is 0.0903. The fourth-order valence-electron chi connectivity index (χ4n) is 5.33. The summed E-state index contributed by atoms with van der Waals surface area (Å²) in [5.74, 6) is 3.79. The van der Waals surface area contributed by atoms with Crippen LogP contribution in [0.25, 0.3) is 11.0 Å². The number of anilines is 2. The first-order chi connectivity index (χ1) is 16.2. The predicted octanol–water partition coefficient (Wildman–Crippen LogP) is 3.00. The summed E-state index contributed by atoms with van der Waals surface area (Å²) in [6.07, 6.45) is 4.70. The molecular weight excluding hydrogens is 436 g/mol. The van der Waals surface area contributed by atoms with Gasteiger partial charge in [0.1, 0.15) is 16.5 Å². The van der Waals surface area contributed by atoms with Crippen LogP contribution in [-0.4, -0.2) is 61.8 Å². The minimum absolute atomic E-state index is 0.312. The zero-order valence-electron chi connectivity index (χ0n) is 19.0. The van der Waals surface area contributed by atoms with Crippen molar-refractivity contribution in [2.45, 2.75) is 49.0 Å². The molecule has 0 amide bonds. The molecule has 3 aliphatic heterocycles. The molecule has 2 fully saturated rings.